The molecule has 0 aromatic rings. The Morgan fingerprint density at radius 3 is 1.36 bits per heavy atom. The molecule has 0 aliphatic heterocycles. The van der Waals surface area contributed by atoms with Gasteiger partial charge >= 0.3 is 33.8 Å². The smallest absolute Gasteiger partial charge is 0.201 e. The summed E-state index contributed by atoms with van der Waals surface area (Å²) < 4.78 is 166. The van der Waals surface area contributed by atoms with Crippen molar-refractivity contribution in [2.75, 3.05) is 0 Å². The van der Waals surface area contributed by atoms with Crippen molar-refractivity contribution in [3.63, 3.8) is 0 Å². The monoisotopic (exact) mass is 380 g/mol. The minimum absolute atomic E-state index is 1.82. The first-order valence-corrected chi connectivity index (χ1v) is 5.58. The van der Waals surface area contributed by atoms with Crippen molar-refractivity contribution in [3.05, 3.63) is 11.7 Å². The molecule has 0 unspecified atom stereocenters. The first kappa shape index (κ1) is 20.8. The molecule has 0 bridgehead atoms. The third kappa shape index (κ3) is 3.96. The van der Waals surface area contributed by atoms with Gasteiger partial charge in [-0.1, -0.05) is 0 Å². The summed E-state index contributed by atoms with van der Waals surface area (Å²) in [5.74, 6) is -15.9. The molecular formula is C6F12O3S. The van der Waals surface area contributed by atoms with Gasteiger partial charge in [0.05, 0.1) is 0 Å². The molecule has 0 aliphatic carbocycles. The van der Waals surface area contributed by atoms with Crippen molar-refractivity contribution in [2.24, 2.45) is 0 Å². The zero-order valence-corrected chi connectivity index (χ0v) is 9.99. The fourth-order valence-electron chi connectivity index (χ4n) is 0.612. The van der Waals surface area contributed by atoms with E-state index in [0.29, 0.717) is 0 Å². The Kier molecular flexibility index (Phi) is 5.17. The summed E-state index contributed by atoms with van der Waals surface area (Å²) in [6.45, 7) is 0. The third-order valence-corrected chi connectivity index (χ3v) is 2.57. The second kappa shape index (κ2) is 5.47. The van der Waals surface area contributed by atoms with Gasteiger partial charge in [0, 0.05) is 0 Å². The average Bonchev–Trinajstić information content (AvgIpc) is 2.22. The topological polar surface area (TPSA) is 43.4 Å². The summed E-state index contributed by atoms with van der Waals surface area (Å²) >= 11 is 0. The van der Waals surface area contributed by atoms with Crippen molar-refractivity contribution in [2.45, 2.75) is 23.7 Å². The van der Waals surface area contributed by atoms with Gasteiger partial charge in [-0.25, -0.2) is 4.39 Å². The number of alkyl halides is 10. The zero-order valence-electron chi connectivity index (χ0n) is 9.17. The predicted molar refractivity (Wildman–Crippen MR) is 41.3 cm³/mol. The normalized spacial score (nSPS) is 16.5. The zero-order chi connectivity index (χ0) is 18.4. The van der Waals surface area contributed by atoms with E-state index in [1.807, 2.05) is 4.18 Å². The lowest BCUT2D eigenvalue weighted by molar-refractivity contribution is -0.273. The van der Waals surface area contributed by atoms with Gasteiger partial charge < -0.3 is 0 Å². The Labute approximate surface area is 112 Å². The van der Waals surface area contributed by atoms with Crippen LogP contribution in [0.1, 0.15) is 0 Å². The van der Waals surface area contributed by atoms with E-state index >= 15 is 0 Å². The summed E-state index contributed by atoms with van der Waals surface area (Å²) in [5, 5.41) is 0. The van der Waals surface area contributed by atoms with Crippen LogP contribution >= 0.6 is 0 Å². The molecule has 0 aromatic heterocycles. The molecule has 0 saturated heterocycles. The molecule has 0 radical (unpaired) electrons. The van der Waals surface area contributed by atoms with Gasteiger partial charge in [0.1, 0.15) is 0 Å². The molecule has 0 saturated carbocycles. The van der Waals surface area contributed by atoms with Crippen LogP contribution in [0.25, 0.3) is 0 Å². The molecular weight excluding hydrogens is 380 g/mol. The van der Waals surface area contributed by atoms with Crippen LogP contribution < -0.4 is 0 Å². The number of hydrogen-bond donors (Lipinski definition) is 0. The van der Waals surface area contributed by atoms with E-state index < -0.39 is 45.5 Å². The summed E-state index contributed by atoms with van der Waals surface area (Å²) in [7, 11) is -7.33. The van der Waals surface area contributed by atoms with Gasteiger partial charge in [-0.05, 0) is 0 Å². The van der Waals surface area contributed by atoms with Gasteiger partial charge in [-0.3, -0.25) is 0 Å². The number of allylic oxidation sites excluding steroid dienone is 1. The molecule has 0 spiro atoms. The lowest BCUT2D eigenvalue weighted by atomic mass is 10.2. The average molecular weight is 380 g/mol. The van der Waals surface area contributed by atoms with E-state index in [0.717, 1.165) is 0 Å². The quantitative estimate of drug-likeness (QED) is 0.424. The van der Waals surface area contributed by atoms with Gasteiger partial charge in [-0.15, -0.1) is 0 Å². The van der Waals surface area contributed by atoms with Gasteiger partial charge in [0.25, 0.3) is 0 Å². The highest BCUT2D eigenvalue weighted by atomic mass is 32.2. The number of hydrogen-bond acceptors (Lipinski definition) is 3. The Balaban J connectivity index is 5.89. The maximum Gasteiger partial charge on any atom is 0.523 e. The molecule has 132 valence electrons. The highest BCUT2D eigenvalue weighted by Crippen LogP contribution is 2.46. The van der Waals surface area contributed by atoms with E-state index in [1.165, 1.54) is 0 Å². The Bertz CT molecular complexity index is 552. The van der Waals surface area contributed by atoms with Crippen molar-refractivity contribution in [1.82, 2.24) is 0 Å². The third-order valence-electron chi connectivity index (χ3n) is 1.58. The lowest BCUT2D eigenvalue weighted by Gasteiger charge is -2.21. The molecule has 0 fully saturated rings. The van der Waals surface area contributed by atoms with E-state index in [9.17, 15) is 61.1 Å². The molecule has 0 atom stereocenters. The molecule has 3 nitrogen and oxygen atoms in total. The summed E-state index contributed by atoms with van der Waals surface area (Å²) in [6, 6.07) is 0. The van der Waals surface area contributed by atoms with Crippen LogP contribution in [-0.4, -0.2) is 32.1 Å². The van der Waals surface area contributed by atoms with Crippen LogP contribution in [0.15, 0.2) is 11.7 Å². The maximum atomic E-state index is 12.5. The van der Waals surface area contributed by atoms with Crippen LogP contribution in [0.4, 0.5) is 52.7 Å². The Morgan fingerprint density at radius 2 is 1.09 bits per heavy atom. The molecule has 0 aliphatic rings. The first-order valence-electron chi connectivity index (χ1n) is 4.18. The van der Waals surface area contributed by atoms with Crippen LogP contribution in [0.2, 0.25) is 0 Å². The van der Waals surface area contributed by atoms with Crippen molar-refractivity contribution in [1.29, 1.82) is 0 Å². The molecule has 16 heteroatoms. The lowest BCUT2D eigenvalue weighted by Crippen LogP contribution is -2.40. The minimum atomic E-state index is -7.33. The number of halogens is 12. The summed E-state index contributed by atoms with van der Waals surface area (Å²) in [5.41, 5.74) is -6.61. The number of rotatable bonds is 4. The molecule has 0 rings (SSSR count). The second-order valence-electron chi connectivity index (χ2n) is 3.20. The largest absolute Gasteiger partial charge is 0.523 e. The van der Waals surface area contributed by atoms with Crippen LogP contribution in [0, 0.1) is 0 Å². The molecule has 22 heavy (non-hydrogen) atoms. The van der Waals surface area contributed by atoms with E-state index in [4.69, 9.17) is 0 Å². The van der Waals surface area contributed by atoms with Crippen molar-refractivity contribution < 1.29 is 65.3 Å². The first-order chi connectivity index (χ1) is 9.27. The Morgan fingerprint density at radius 1 is 0.727 bits per heavy atom. The fraction of sp³-hybridized carbons (Fsp3) is 0.667. The Hall–Kier alpha value is -1.19. The highest BCUT2D eigenvalue weighted by Gasteiger charge is 2.65. The molecule has 0 heterocycles. The van der Waals surface area contributed by atoms with Crippen LogP contribution in [-0.2, 0) is 14.3 Å². The van der Waals surface area contributed by atoms with Crippen LogP contribution in [0.5, 0.6) is 0 Å². The van der Waals surface area contributed by atoms with E-state index in [-0.39, 0.29) is 0 Å². The van der Waals surface area contributed by atoms with Crippen LogP contribution in [0.3, 0.4) is 0 Å². The predicted octanol–water partition coefficient (Wildman–Crippen LogP) is 3.79. The van der Waals surface area contributed by atoms with Crippen molar-refractivity contribution in [3.8, 4) is 0 Å². The van der Waals surface area contributed by atoms with E-state index in [1.54, 1.807) is 0 Å². The van der Waals surface area contributed by atoms with E-state index in [2.05, 4.69) is 0 Å². The standard InChI is InChI=1S/C6F12O3S/c7-1(3(9,10)5(13,14)15)2(8)4(11,12)21-22(19,20)6(16,17)18/b2-1+. The maximum absolute atomic E-state index is 12.5. The molecule has 0 N–H and O–H groups in total. The SMILES string of the molecule is O=S(=O)(OC(F)(F)/C(F)=C(\F)C(F)(F)C(F)(F)F)C(F)(F)F. The minimum Gasteiger partial charge on any atom is -0.201 e. The fourth-order valence-corrected chi connectivity index (χ4v) is 1.05. The highest BCUT2D eigenvalue weighted by molar-refractivity contribution is 7.87. The summed E-state index contributed by atoms with van der Waals surface area (Å²) in [6.07, 6.45) is -13.5. The summed E-state index contributed by atoms with van der Waals surface area (Å²) in [4.78, 5) is 0. The van der Waals surface area contributed by atoms with Gasteiger partial charge in [0.15, 0.2) is 0 Å². The van der Waals surface area contributed by atoms with Gasteiger partial charge in [-0.2, -0.15) is 60.9 Å². The molecule has 0 aromatic carbocycles. The molecule has 0 amide bonds. The van der Waals surface area contributed by atoms with Gasteiger partial charge in [0.2, 0.25) is 11.7 Å². The second-order valence-corrected chi connectivity index (χ2v) is 4.74. The van der Waals surface area contributed by atoms with Crippen molar-refractivity contribution >= 4 is 10.1 Å².